The summed E-state index contributed by atoms with van der Waals surface area (Å²) < 4.78 is 7.36. The Hall–Kier alpha value is -8.40. The second-order valence-corrected chi connectivity index (χ2v) is 16.5. The summed E-state index contributed by atoms with van der Waals surface area (Å²) in [6, 6.07) is 86.4. The Morgan fingerprint density at radius 3 is 1.40 bits per heavy atom. The third kappa shape index (κ3) is 5.46. The molecule has 0 aliphatic heterocycles. The van der Waals surface area contributed by atoms with Gasteiger partial charge in [0.25, 0.3) is 0 Å². The SMILES string of the molecule is c1ccc(-c2cccc(-n3c4ccccc4c4ccc(-c5cccc(-c6cc7c(c8ccccc8n7-c7ccccc7)c7c8ccccc8n(-c8ccccc8)c67)c5)cc43)c2)cc1. The summed E-state index contributed by atoms with van der Waals surface area (Å²) in [4.78, 5) is 0. The molecule has 0 saturated heterocycles. The molecule has 0 bridgehead atoms. The standard InChI is InChI=1S/C60H39N3/c1-4-18-40(19-5-1)42-21-17-27-47(37-42)62-53-31-13-10-28-48(53)49-35-34-43(38-56(49)62)41-20-16-22-44(36-41)52-39-57-58(50-29-11-14-32-54(50)61(57)45-23-6-2-7-24-45)59-51-30-12-15-33-55(51)63(60(52)59)46-25-8-3-9-26-46/h1-39H. The fourth-order valence-electron chi connectivity index (χ4n) is 10.3. The van der Waals surface area contributed by atoms with Gasteiger partial charge in [-0.1, -0.05) is 164 Å². The fourth-order valence-corrected chi connectivity index (χ4v) is 10.3. The molecule has 0 aliphatic rings. The van der Waals surface area contributed by atoms with E-state index < -0.39 is 0 Å². The predicted octanol–water partition coefficient (Wildman–Crippen LogP) is 16.0. The zero-order chi connectivity index (χ0) is 41.4. The Labute approximate surface area is 364 Å². The van der Waals surface area contributed by atoms with Gasteiger partial charge in [-0.3, -0.25) is 0 Å². The minimum absolute atomic E-state index is 1.14. The minimum atomic E-state index is 1.14. The van der Waals surface area contributed by atoms with E-state index in [2.05, 4.69) is 250 Å². The summed E-state index contributed by atoms with van der Waals surface area (Å²) in [5, 5.41) is 7.51. The summed E-state index contributed by atoms with van der Waals surface area (Å²) in [5.41, 5.74) is 17.7. The van der Waals surface area contributed by atoms with E-state index in [1.165, 1.54) is 98.8 Å². The van der Waals surface area contributed by atoms with Crippen LogP contribution < -0.4 is 0 Å². The first-order valence-electron chi connectivity index (χ1n) is 21.7. The van der Waals surface area contributed by atoms with Crippen molar-refractivity contribution in [1.29, 1.82) is 0 Å². The molecule has 0 saturated carbocycles. The first kappa shape index (κ1) is 35.4. The van der Waals surface area contributed by atoms with Crippen molar-refractivity contribution in [3.05, 3.63) is 237 Å². The smallest absolute Gasteiger partial charge is 0.0627 e. The lowest BCUT2D eigenvalue weighted by Crippen LogP contribution is -1.97. The normalized spacial score (nSPS) is 11.8. The van der Waals surface area contributed by atoms with Crippen LogP contribution in [0.25, 0.3) is 116 Å². The van der Waals surface area contributed by atoms with Crippen LogP contribution in [-0.2, 0) is 0 Å². The lowest BCUT2D eigenvalue weighted by Gasteiger charge is -2.15. The van der Waals surface area contributed by atoms with Crippen LogP contribution >= 0.6 is 0 Å². The van der Waals surface area contributed by atoms with Crippen molar-refractivity contribution in [3.63, 3.8) is 0 Å². The van der Waals surface area contributed by atoms with Gasteiger partial charge in [0.15, 0.2) is 0 Å². The molecular weight excluding hydrogens is 763 g/mol. The molecule has 294 valence electrons. The molecule has 0 unspecified atom stereocenters. The molecule has 0 aliphatic carbocycles. The van der Waals surface area contributed by atoms with Gasteiger partial charge in [-0.15, -0.1) is 0 Å². The van der Waals surface area contributed by atoms with Crippen molar-refractivity contribution in [2.75, 3.05) is 0 Å². The van der Waals surface area contributed by atoms with Gasteiger partial charge in [0.1, 0.15) is 0 Å². The van der Waals surface area contributed by atoms with Crippen molar-refractivity contribution in [1.82, 2.24) is 13.7 Å². The highest BCUT2D eigenvalue weighted by atomic mass is 15.0. The van der Waals surface area contributed by atoms with Gasteiger partial charge in [0.05, 0.1) is 33.1 Å². The van der Waals surface area contributed by atoms with Gasteiger partial charge in [-0.25, -0.2) is 0 Å². The largest absolute Gasteiger partial charge is 0.309 e. The Kier molecular flexibility index (Phi) is 7.91. The number of nitrogens with zero attached hydrogens (tertiary/aromatic N) is 3. The molecule has 0 spiro atoms. The molecule has 3 nitrogen and oxygen atoms in total. The van der Waals surface area contributed by atoms with Gasteiger partial charge in [0.2, 0.25) is 0 Å². The maximum atomic E-state index is 2.48. The molecule has 13 rings (SSSR count). The Bertz CT molecular complexity index is 3890. The van der Waals surface area contributed by atoms with Crippen LogP contribution in [0.15, 0.2) is 237 Å². The van der Waals surface area contributed by atoms with E-state index in [0.717, 1.165) is 17.1 Å². The highest BCUT2D eigenvalue weighted by Gasteiger charge is 2.24. The van der Waals surface area contributed by atoms with E-state index in [1.807, 2.05) is 0 Å². The molecule has 0 radical (unpaired) electrons. The molecule has 3 heteroatoms. The minimum Gasteiger partial charge on any atom is -0.309 e. The third-order valence-electron chi connectivity index (χ3n) is 13.0. The number of para-hydroxylation sites is 5. The number of rotatable bonds is 6. The van der Waals surface area contributed by atoms with E-state index in [-0.39, 0.29) is 0 Å². The van der Waals surface area contributed by atoms with Crippen molar-refractivity contribution < 1.29 is 0 Å². The molecule has 13 aromatic rings. The molecule has 63 heavy (non-hydrogen) atoms. The van der Waals surface area contributed by atoms with Gasteiger partial charge < -0.3 is 13.7 Å². The Morgan fingerprint density at radius 2 is 0.683 bits per heavy atom. The summed E-state index contributed by atoms with van der Waals surface area (Å²) in [6.45, 7) is 0. The van der Waals surface area contributed by atoms with E-state index in [9.17, 15) is 0 Å². The summed E-state index contributed by atoms with van der Waals surface area (Å²) in [6.07, 6.45) is 0. The van der Waals surface area contributed by atoms with E-state index in [4.69, 9.17) is 0 Å². The second kappa shape index (κ2) is 14.1. The molecule has 3 heterocycles. The maximum Gasteiger partial charge on any atom is 0.0627 e. The first-order valence-corrected chi connectivity index (χ1v) is 21.7. The highest BCUT2D eigenvalue weighted by molar-refractivity contribution is 6.31. The zero-order valence-electron chi connectivity index (χ0n) is 34.4. The lowest BCUT2D eigenvalue weighted by atomic mass is 9.95. The van der Waals surface area contributed by atoms with Crippen LogP contribution in [-0.4, -0.2) is 13.7 Å². The van der Waals surface area contributed by atoms with Crippen molar-refractivity contribution in [3.8, 4) is 50.4 Å². The maximum absolute atomic E-state index is 2.48. The molecular formula is C60H39N3. The van der Waals surface area contributed by atoms with Gasteiger partial charge in [-0.05, 0) is 101 Å². The molecule has 0 fully saturated rings. The van der Waals surface area contributed by atoms with E-state index in [0.29, 0.717) is 0 Å². The molecule has 0 amide bonds. The summed E-state index contributed by atoms with van der Waals surface area (Å²) >= 11 is 0. The summed E-state index contributed by atoms with van der Waals surface area (Å²) in [5.74, 6) is 0. The van der Waals surface area contributed by atoms with Gasteiger partial charge in [-0.2, -0.15) is 0 Å². The molecule has 0 atom stereocenters. The van der Waals surface area contributed by atoms with Crippen LogP contribution in [0.4, 0.5) is 0 Å². The lowest BCUT2D eigenvalue weighted by molar-refractivity contribution is 1.17. The number of hydrogen-bond acceptors (Lipinski definition) is 0. The van der Waals surface area contributed by atoms with Gasteiger partial charge >= 0.3 is 0 Å². The number of benzene rings is 10. The fraction of sp³-hybridized carbons (Fsp3) is 0. The average Bonchev–Trinajstić information content (AvgIpc) is 4.00. The van der Waals surface area contributed by atoms with Crippen LogP contribution in [0.2, 0.25) is 0 Å². The van der Waals surface area contributed by atoms with E-state index in [1.54, 1.807) is 0 Å². The van der Waals surface area contributed by atoms with Crippen molar-refractivity contribution >= 4 is 65.4 Å². The first-order chi connectivity index (χ1) is 31.3. The Morgan fingerprint density at radius 1 is 0.222 bits per heavy atom. The summed E-state index contributed by atoms with van der Waals surface area (Å²) in [7, 11) is 0. The van der Waals surface area contributed by atoms with Crippen molar-refractivity contribution in [2.24, 2.45) is 0 Å². The number of aromatic nitrogens is 3. The molecule has 3 aromatic heterocycles. The predicted molar refractivity (Wildman–Crippen MR) is 266 cm³/mol. The molecule has 0 N–H and O–H groups in total. The molecule has 10 aromatic carbocycles. The number of fused-ring (bicyclic) bond motifs is 10. The van der Waals surface area contributed by atoms with Crippen LogP contribution in [0.5, 0.6) is 0 Å². The zero-order valence-corrected chi connectivity index (χ0v) is 34.4. The van der Waals surface area contributed by atoms with Crippen LogP contribution in [0.1, 0.15) is 0 Å². The van der Waals surface area contributed by atoms with E-state index >= 15 is 0 Å². The quantitative estimate of drug-likeness (QED) is 0.159. The second-order valence-electron chi connectivity index (χ2n) is 16.5. The monoisotopic (exact) mass is 801 g/mol. The Balaban J connectivity index is 1.08. The highest BCUT2D eigenvalue weighted by Crippen LogP contribution is 2.47. The topological polar surface area (TPSA) is 14.8 Å². The van der Waals surface area contributed by atoms with Crippen LogP contribution in [0, 0.1) is 0 Å². The average molecular weight is 802 g/mol. The van der Waals surface area contributed by atoms with Crippen LogP contribution in [0.3, 0.4) is 0 Å². The van der Waals surface area contributed by atoms with Crippen molar-refractivity contribution in [2.45, 2.75) is 0 Å². The van der Waals surface area contributed by atoms with Gasteiger partial charge in [0, 0.05) is 54.9 Å². The third-order valence-corrected chi connectivity index (χ3v) is 13.0. The number of hydrogen-bond donors (Lipinski definition) is 0.